The van der Waals surface area contributed by atoms with Crippen molar-refractivity contribution < 1.29 is 17.6 Å². The molecule has 0 radical (unpaired) electrons. The van der Waals surface area contributed by atoms with Crippen molar-refractivity contribution in [3.8, 4) is 0 Å². The van der Waals surface area contributed by atoms with E-state index in [1.165, 1.54) is 27.8 Å². The Kier molecular flexibility index (Phi) is 4.58. The highest BCUT2D eigenvalue weighted by atomic mass is 32.2. The number of nitrogens with zero attached hydrogens (tertiary/aromatic N) is 3. The summed E-state index contributed by atoms with van der Waals surface area (Å²) in [4.78, 5) is 16.1. The molecule has 0 N–H and O–H groups in total. The van der Waals surface area contributed by atoms with Gasteiger partial charge in [-0.3, -0.25) is 9.69 Å². The van der Waals surface area contributed by atoms with Crippen LogP contribution in [0, 0.1) is 5.82 Å². The van der Waals surface area contributed by atoms with Gasteiger partial charge in [-0.15, -0.1) is 11.3 Å². The maximum Gasteiger partial charge on any atom is 0.252 e. The van der Waals surface area contributed by atoms with Crippen molar-refractivity contribution in [3.63, 3.8) is 0 Å². The lowest BCUT2D eigenvalue weighted by molar-refractivity contribution is -0.123. The van der Waals surface area contributed by atoms with Gasteiger partial charge in [0.05, 0.1) is 12.1 Å². The Morgan fingerprint density at radius 2 is 2.00 bits per heavy atom. The quantitative estimate of drug-likeness (QED) is 0.778. The van der Waals surface area contributed by atoms with Crippen LogP contribution in [0.5, 0.6) is 0 Å². The Balaban J connectivity index is 1.62. The van der Waals surface area contributed by atoms with Crippen LogP contribution in [0.15, 0.2) is 46.0 Å². The van der Waals surface area contributed by atoms with Crippen molar-refractivity contribution in [1.29, 1.82) is 0 Å². The molecule has 2 aliphatic rings. The Morgan fingerprint density at radius 1 is 1.19 bits per heavy atom. The summed E-state index contributed by atoms with van der Waals surface area (Å²) < 4.78 is 41.2. The second-order valence-electron chi connectivity index (χ2n) is 7.06. The van der Waals surface area contributed by atoms with Gasteiger partial charge in [0.1, 0.15) is 10.0 Å². The fraction of sp³-hybridized carbons (Fsp3) is 0.389. The highest BCUT2D eigenvalue weighted by Gasteiger charge is 2.50. The standard InChI is InChI=1S/C18H20FN3O3S2/c1-20-11-16(23)22(15-5-2-4-14(19)10-15)13-18(20)7-8-21(12-18)27(24,25)17-6-3-9-26-17/h2-6,9-10H,7-8,11-13H2,1H3/t18-/m1/s1. The lowest BCUT2D eigenvalue weighted by atomic mass is 9.92. The minimum Gasteiger partial charge on any atom is -0.309 e. The lowest BCUT2D eigenvalue weighted by Crippen LogP contribution is -2.64. The molecule has 3 heterocycles. The largest absolute Gasteiger partial charge is 0.309 e. The average molecular weight is 410 g/mol. The molecule has 1 aromatic carbocycles. The van der Waals surface area contributed by atoms with Crippen LogP contribution >= 0.6 is 11.3 Å². The normalized spacial score (nSPS) is 24.8. The summed E-state index contributed by atoms with van der Waals surface area (Å²) in [5.41, 5.74) is 0.0249. The number of sulfonamides is 1. The number of anilines is 1. The minimum absolute atomic E-state index is 0.117. The number of likely N-dealkylation sites (N-methyl/N-ethyl adjacent to an activating group) is 1. The number of carbonyl (C=O) groups excluding carboxylic acids is 1. The van der Waals surface area contributed by atoms with E-state index in [1.54, 1.807) is 34.5 Å². The van der Waals surface area contributed by atoms with Crippen molar-refractivity contribution in [2.45, 2.75) is 16.2 Å². The number of hydrogen-bond donors (Lipinski definition) is 0. The summed E-state index contributed by atoms with van der Waals surface area (Å²) in [6.45, 7) is 1.21. The summed E-state index contributed by atoms with van der Waals surface area (Å²) >= 11 is 1.20. The summed E-state index contributed by atoms with van der Waals surface area (Å²) in [7, 11) is -1.69. The fourth-order valence-electron chi connectivity index (χ4n) is 3.84. The summed E-state index contributed by atoms with van der Waals surface area (Å²) in [5, 5.41) is 1.75. The van der Waals surface area contributed by atoms with Gasteiger partial charge < -0.3 is 4.90 Å². The SMILES string of the molecule is CN1CC(=O)N(c2cccc(F)c2)C[C@]12CCN(S(=O)(=O)c1cccs1)C2. The Morgan fingerprint density at radius 3 is 2.70 bits per heavy atom. The van der Waals surface area contributed by atoms with E-state index in [0.29, 0.717) is 36.0 Å². The summed E-state index contributed by atoms with van der Waals surface area (Å²) in [5.74, 6) is -0.519. The van der Waals surface area contributed by atoms with Crippen molar-refractivity contribution in [2.24, 2.45) is 0 Å². The van der Waals surface area contributed by atoms with Crippen molar-refractivity contribution in [3.05, 3.63) is 47.6 Å². The van der Waals surface area contributed by atoms with Crippen LogP contribution < -0.4 is 4.90 Å². The molecule has 2 aromatic rings. The number of benzene rings is 1. The van der Waals surface area contributed by atoms with E-state index in [0.717, 1.165) is 0 Å². The first kappa shape index (κ1) is 18.5. The molecular weight excluding hydrogens is 389 g/mol. The van der Waals surface area contributed by atoms with Gasteiger partial charge in [-0.1, -0.05) is 12.1 Å². The van der Waals surface area contributed by atoms with Crippen LogP contribution in [0.3, 0.4) is 0 Å². The highest BCUT2D eigenvalue weighted by molar-refractivity contribution is 7.91. The number of piperazine rings is 1. The zero-order valence-electron chi connectivity index (χ0n) is 14.8. The molecule has 6 nitrogen and oxygen atoms in total. The van der Waals surface area contributed by atoms with Gasteiger partial charge in [0.25, 0.3) is 10.0 Å². The van der Waals surface area contributed by atoms with Crippen LogP contribution in [0.1, 0.15) is 6.42 Å². The number of carbonyl (C=O) groups is 1. The van der Waals surface area contributed by atoms with Gasteiger partial charge in [-0.05, 0) is 43.1 Å². The fourth-order valence-corrected chi connectivity index (χ4v) is 6.51. The maximum atomic E-state index is 13.6. The average Bonchev–Trinajstić information content (AvgIpc) is 3.30. The molecule has 0 unspecified atom stereocenters. The topological polar surface area (TPSA) is 60.9 Å². The van der Waals surface area contributed by atoms with E-state index in [-0.39, 0.29) is 12.5 Å². The van der Waals surface area contributed by atoms with Gasteiger partial charge >= 0.3 is 0 Å². The molecule has 1 amide bonds. The molecule has 0 saturated carbocycles. The number of rotatable bonds is 3. The van der Waals surface area contributed by atoms with Crippen LogP contribution in [0.25, 0.3) is 0 Å². The van der Waals surface area contributed by atoms with Gasteiger partial charge in [-0.2, -0.15) is 4.31 Å². The highest BCUT2D eigenvalue weighted by Crippen LogP contribution is 2.36. The molecule has 1 aromatic heterocycles. The van der Waals surface area contributed by atoms with E-state index in [2.05, 4.69) is 0 Å². The van der Waals surface area contributed by atoms with E-state index in [1.807, 2.05) is 11.9 Å². The minimum atomic E-state index is -3.53. The zero-order chi connectivity index (χ0) is 19.2. The molecule has 0 aliphatic carbocycles. The number of amides is 1. The van der Waals surface area contributed by atoms with Crippen LogP contribution in [0.2, 0.25) is 0 Å². The maximum absolute atomic E-state index is 13.6. The zero-order valence-corrected chi connectivity index (χ0v) is 16.5. The first-order valence-electron chi connectivity index (χ1n) is 8.63. The van der Waals surface area contributed by atoms with Crippen LogP contribution in [-0.4, -0.2) is 62.3 Å². The molecular formula is C18H20FN3O3S2. The smallest absolute Gasteiger partial charge is 0.252 e. The molecule has 27 heavy (non-hydrogen) atoms. The van der Waals surface area contributed by atoms with Gasteiger partial charge in [0.15, 0.2) is 0 Å². The molecule has 2 aliphatic heterocycles. The predicted octanol–water partition coefficient (Wildman–Crippen LogP) is 2.00. The summed E-state index contributed by atoms with van der Waals surface area (Å²) in [6.07, 6.45) is 0.618. The first-order chi connectivity index (χ1) is 12.8. The molecule has 4 rings (SSSR count). The summed E-state index contributed by atoms with van der Waals surface area (Å²) in [6, 6.07) is 9.29. The second kappa shape index (κ2) is 6.66. The third-order valence-corrected chi connectivity index (χ3v) is 8.66. The third kappa shape index (κ3) is 3.18. The molecule has 1 atom stereocenters. The van der Waals surface area contributed by atoms with E-state index in [9.17, 15) is 17.6 Å². The van der Waals surface area contributed by atoms with Crippen molar-refractivity contribution in [1.82, 2.24) is 9.21 Å². The number of halogens is 1. The molecule has 1 spiro atoms. The second-order valence-corrected chi connectivity index (χ2v) is 10.2. The Labute approximate surface area is 161 Å². The van der Waals surface area contributed by atoms with Gasteiger partial charge in [0.2, 0.25) is 5.91 Å². The predicted molar refractivity (Wildman–Crippen MR) is 102 cm³/mol. The van der Waals surface area contributed by atoms with Crippen molar-refractivity contribution >= 4 is 33.0 Å². The third-order valence-electron chi connectivity index (χ3n) is 5.44. The van der Waals surface area contributed by atoms with E-state index < -0.39 is 21.4 Å². The monoisotopic (exact) mass is 409 g/mol. The van der Waals surface area contributed by atoms with Gasteiger partial charge in [-0.25, -0.2) is 12.8 Å². The number of hydrogen-bond acceptors (Lipinski definition) is 5. The molecule has 2 fully saturated rings. The van der Waals surface area contributed by atoms with E-state index >= 15 is 0 Å². The lowest BCUT2D eigenvalue weighted by Gasteiger charge is -2.46. The molecule has 2 saturated heterocycles. The Hall–Kier alpha value is -1.81. The first-order valence-corrected chi connectivity index (χ1v) is 10.9. The van der Waals surface area contributed by atoms with Crippen molar-refractivity contribution in [2.75, 3.05) is 38.1 Å². The molecule has 0 bridgehead atoms. The molecule has 9 heteroatoms. The Bertz CT molecular complexity index is 964. The number of thiophene rings is 1. The van der Waals surface area contributed by atoms with Crippen LogP contribution in [-0.2, 0) is 14.8 Å². The van der Waals surface area contributed by atoms with Gasteiger partial charge in [0, 0.05) is 25.3 Å². The molecule has 144 valence electrons. The van der Waals surface area contributed by atoms with E-state index in [4.69, 9.17) is 0 Å². The van der Waals surface area contributed by atoms with Crippen LogP contribution in [0.4, 0.5) is 10.1 Å².